The van der Waals surface area contributed by atoms with Gasteiger partial charge in [-0.3, -0.25) is 0 Å². The summed E-state index contributed by atoms with van der Waals surface area (Å²) >= 11 is 7.88. The number of para-hydroxylation sites is 1. The molecule has 0 bridgehead atoms. The number of nitrogens with one attached hydrogen (secondary N) is 1. The molecule has 0 aliphatic heterocycles. The van der Waals surface area contributed by atoms with E-state index in [0.717, 1.165) is 27.0 Å². The third-order valence-corrected chi connectivity index (χ3v) is 4.12. The lowest BCUT2D eigenvalue weighted by atomic mass is 9.93. The van der Waals surface area contributed by atoms with Gasteiger partial charge >= 0.3 is 0 Å². The highest BCUT2D eigenvalue weighted by atomic mass is 35.5. The van der Waals surface area contributed by atoms with Crippen LogP contribution in [0, 0.1) is 6.92 Å². The van der Waals surface area contributed by atoms with Crippen LogP contribution in [0.1, 0.15) is 37.0 Å². The Balaban J connectivity index is 2.09. The number of rotatable bonds is 3. The molecule has 1 aromatic carbocycles. The molecule has 0 spiro atoms. The van der Waals surface area contributed by atoms with Crippen LogP contribution in [0.5, 0.6) is 0 Å². The molecular formula is C15H19ClN2S. The highest BCUT2D eigenvalue weighted by Crippen LogP contribution is 2.27. The van der Waals surface area contributed by atoms with Gasteiger partial charge in [-0.15, -0.1) is 11.3 Å². The summed E-state index contributed by atoms with van der Waals surface area (Å²) in [6, 6.07) is 5.92. The molecule has 102 valence electrons. The number of hydrogen-bond donors (Lipinski definition) is 1. The fourth-order valence-electron chi connectivity index (χ4n) is 1.76. The molecule has 1 aromatic heterocycles. The minimum absolute atomic E-state index is 0.106. The predicted octanol–water partition coefficient (Wildman–Crippen LogP) is 5.01. The SMILES string of the molecule is Cc1cccc(Cl)c1NCc1nc(C(C)(C)C)cs1. The lowest BCUT2D eigenvalue weighted by Gasteiger charge is -2.14. The van der Waals surface area contributed by atoms with Crippen LogP contribution in [0.4, 0.5) is 5.69 Å². The van der Waals surface area contributed by atoms with Gasteiger partial charge in [0.1, 0.15) is 5.01 Å². The average molecular weight is 295 g/mol. The molecule has 4 heteroatoms. The van der Waals surface area contributed by atoms with Crippen molar-refractivity contribution < 1.29 is 0 Å². The van der Waals surface area contributed by atoms with E-state index >= 15 is 0 Å². The summed E-state index contributed by atoms with van der Waals surface area (Å²) in [5.41, 5.74) is 3.40. The van der Waals surface area contributed by atoms with Crippen molar-refractivity contribution in [1.29, 1.82) is 0 Å². The molecule has 0 atom stereocenters. The largest absolute Gasteiger partial charge is 0.377 e. The van der Waals surface area contributed by atoms with E-state index in [2.05, 4.69) is 49.4 Å². The van der Waals surface area contributed by atoms with E-state index in [0.29, 0.717) is 6.54 Å². The first-order valence-electron chi connectivity index (χ1n) is 6.32. The number of benzene rings is 1. The Labute approximate surface area is 123 Å². The second kappa shape index (κ2) is 5.51. The van der Waals surface area contributed by atoms with Gasteiger partial charge in [0.05, 0.1) is 22.9 Å². The number of hydrogen-bond acceptors (Lipinski definition) is 3. The van der Waals surface area contributed by atoms with Gasteiger partial charge in [-0.2, -0.15) is 0 Å². The zero-order chi connectivity index (χ0) is 14.0. The Morgan fingerprint density at radius 2 is 2.05 bits per heavy atom. The van der Waals surface area contributed by atoms with Gasteiger partial charge in [-0.05, 0) is 18.6 Å². The van der Waals surface area contributed by atoms with E-state index in [-0.39, 0.29) is 5.41 Å². The second-order valence-electron chi connectivity index (χ2n) is 5.66. The van der Waals surface area contributed by atoms with Crippen LogP contribution >= 0.6 is 22.9 Å². The smallest absolute Gasteiger partial charge is 0.112 e. The molecule has 2 nitrogen and oxygen atoms in total. The zero-order valence-electron chi connectivity index (χ0n) is 11.7. The summed E-state index contributed by atoms with van der Waals surface area (Å²) in [6.07, 6.45) is 0. The molecule has 0 radical (unpaired) electrons. The molecule has 1 N–H and O–H groups in total. The maximum atomic E-state index is 6.19. The standard InChI is InChI=1S/C15H19ClN2S/c1-10-6-5-7-11(16)14(10)17-8-13-18-12(9-19-13)15(2,3)4/h5-7,9,17H,8H2,1-4H3. The van der Waals surface area contributed by atoms with Crippen LogP contribution in [-0.4, -0.2) is 4.98 Å². The normalized spacial score (nSPS) is 11.6. The first kappa shape index (κ1) is 14.4. The second-order valence-corrected chi connectivity index (χ2v) is 7.01. The molecule has 2 aromatic rings. The monoisotopic (exact) mass is 294 g/mol. The third kappa shape index (κ3) is 3.48. The Bertz CT molecular complexity index is 550. The van der Waals surface area contributed by atoms with Crippen LogP contribution in [-0.2, 0) is 12.0 Å². The van der Waals surface area contributed by atoms with E-state index in [1.54, 1.807) is 11.3 Å². The predicted molar refractivity (Wildman–Crippen MR) is 84.3 cm³/mol. The average Bonchev–Trinajstić information content (AvgIpc) is 2.77. The summed E-state index contributed by atoms with van der Waals surface area (Å²) in [5, 5.41) is 7.36. The van der Waals surface area contributed by atoms with Crippen LogP contribution < -0.4 is 5.32 Å². The Morgan fingerprint density at radius 1 is 1.32 bits per heavy atom. The minimum Gasteiger partial charge on any atom is -0.377 e. The van der Waals surface area contributed by atoms with Crippen molar-refractivity contribution in [1.82, 2.24) is 4.98 Å². The van der Waals surface area contributed by atoms with Crippen molar-refractivity contribution in [3.05, 3.63) is 44.9 Å². The van der Waals surface area contributed by atoms with Crippen molar-refractivity contribution in [3.8, 4) is 0 Å². The van der Waals surface area contributed by atoms with Crippen molar-refractivity contribution in [2.24, 2.45) is 0 Å². The lowest BCUT2D eigenvalue weighted by molar-refractivity contribution is 0.571. The zero-order valence-corrected chi connectivity index (χ0v) is 13.3. The van der Waals surface area contributed by atoms with Gasteiger partial charge in [0, 0.05) is 10.8 Å². The van der Waals surface area contributed by atoms with Crippen LogP contribution in [0.15, 0.2) is 23.6 Å². The molecule has 1 heterocycles. The lowest BCUT2D eigenvalue weighted by Crippen LogP contribution is -2.12. The highest BCUT2D eigenvalue weighted by Gasteiger charge is 2.17. The fourth-order valence-corrected chi connectivity index (χ4v) is 3.01. The summed E-state index contributed by atoms with van der Waals surface area (Å²) in [7, 11) is 0. The molecule has 0 aliphatic carbocycles. The van der Waals surface area contributed by atoms with Gasteiger partial charge in [0.15, 0.2) is 0 Å². The number of anilines is 1. The van der Waals surface area contributed by atoms with Gasteiger partial charge in [0.25, 0.3) is 0 Å². The van der Waals surface area contributed by atoms with Crippen LogP contribution in [0.2, 0.25) is 5.02 Å². The van der Waals surface area contributed by atoms with Gasteiger partial charge < -0.3 is 5.32 Å². The van der Waals surface area contributed by atoms with Crippen LogP contribution in [0.25, 0.3) is 0 Å². The Kier molecular flexibility index (Phi) is 4.16. The fraction of sp³-hybridized carbons (Fsp3) is 0.400. The van der Waals surface area contributed by atoms with Crippen LogP contribution in [0.3, 0.4) is 0 Å². The van der Waals surface area contributed by atoms with Gasteiger partial charge in [0.2, 0.25) is 0 Å². The number of aromatic nitrogens is 1. The molecule has 0 saturated heterocycles. The van der Waals surface area contributed by atoms with E-state index in [1.165, 1.54) is 0 Å². The first-order chi connectivity index (χ1) is 8.88. The Morgan fingerprint density at radius 3 is 2.63 bits per heavy atom. The number of thiazole rings is 1. The first-order valence-corrected chi connectivity index (χ1v) is 7.57. The molecular weight excluding hydrogens is 276 g/mol. The van der Waals surface area contributed by atoms with Crippen molar-refractivity contribution in [3.63, 3.8) is 0 Å². The summed E-state index contributed by atoms with van der Waals surface area (Å²) < 4.78 is 0. The molecule has 19 heavy (non-hydrogen) atoms. The molecule has 0 unspecified atom stereocenters. The van der Waals surface area contributed by atoms with Gasteiger partial charge in [-0.25, -0.2) is 4.98 Å². The van der Waals surface area contributed by atoms with E-state index in [4.69, 9.17) is 11.6 Å². The number of nitrogens with zero attached hydrogens (tertiary/aromatic N) is 1. The van der Waals surface area contributed by atoms with E-state index < -0.39 is 0 Å². The molecule has 0 aliphatic rings. The summed E-state index contributed by atoms with van der Waals surface area (Å²) in [6.45, 7) is 9.30. The number of aryl methyl sites for hydroxylation is 1. The Hall–Kier alpha value is -1.06. The minimum atomic E-state index is 0.106. The van der Waals surface area contributed by atoms with Crippen molar-refractivity contribution >= 4 is 28.6 Å². The molecule has 0 amide bonds. The third-order valence-electron chi connectivity index (χ3n) is 2.96. The van der Waals surface area contributed by atoms with Crippen molar-refractivity contribution in [2.45, 2.75) is 39.7 Å². The molecule has 0 saturated carbocycles. The molecule has 2 rings (SSSR count). The summed E-state index contributed by atoms with van der Waals surface area (Å²) in [4.78, 5) is 4.67. The quantitative estimate of drug-likeness (QED) is 0.860. The summed E-state index contributed by atoms with van der Waals surface area (Å²) in [5.74, 6) is 0. The molecule has 0 fully saturated rings. The van der Waals surface area contributed by atoms with E-state index in [9.17, 15) is 0 Å². The maximum Gasteiger partial charge on any atom is 0.112 e. The topological polar surface area (TPSA) is 24.9 Å². The highest BCUT2D eigenvalue weighted by molar-refractivity contribution is 7.09. The number of halogens is 1. The maximum absolute atomic E-state index is 6.19. The van der Waals surface area contributed by atoms with Crippen molar-refractivity contribution in [2.75, 3.05) is 5.32 Å². The van der Waals surface area contributed by atoms with E-state index in [1.807, 2.05) is 12.1 Å². The van der Waals surface area contributed by atoms with Gasteiger partial charge in [-0.1, -0.05) is 44.5 Å².